The first-order valence-corrected chi connectivity index (χ1v) is 8.19. The summed E-state index contributed by atoms with van der Waals surface area (Å²) in [7, 11) is 0. The molecule has 0 aliphatic rings. The average molecular weight is 322 g/mol. The standard InChI is InChI=1S/C20H22N2O2/c1-3-23-19-7-5-4-6-17(19)12-21-13-18-14-24-20(22-18)16-10-8-15(2)9-11-16/h4-11,14,21H,3,12-13H2,1-2H3. The SMILES string of the molecule is CCOc1ccccc1CNCc1coc(-c2ccc(C)cc2)n1. The first kappa shape index (κ1) is 16.3. The second kappa shape index (κ2) is 7.79. The summed E-state index contributed by atoms with van der Waals surface area (Å²) in [5.41, 5.74) is 4.25. The Hall–Kier alpha value is -2.59. The van der Waals surface area contributed by atoms with Crippen LogP contribution < -0.4 is 10.1 Å². The fourth-order valence-corrected chi connectivity index (χ4v) is 2.49. The molecule has 24 heavy (non-hydrogen) atoms. The Balaban J connectivity index is 1.59. The Labute approximate surface area is 142 Å². The van der Waals surface area contributed by atoms with Crippen molar-refractivity contribution in [2.24, 2.45) is 0 Å². The lowest BCUT2D eigenvalue weighted by molar-refractivity contribution is 0.335. The molecule has 0 amide bonds. The smallest absolute Gasteiger partial charge is 0.226 e. The first-order chi connectivity index (χ1) is 11.8. The highest BCUT2D eigenvalue weighted by atomic mass is 16.5. The van der Waals surface area contributed by atoms with Crippen LogP contribution in [0.4, 0.5) is 0 Å². The van der Waals surface area contributed by atoms with Crippen molar-refractivity contribution in [2.75, 3.05) is 6.61 Å². The summed E-state index contributed by atoms with van der Waals surface area (Å²) < 4.78 is 11.2. The maximum absolute atomic E-state index is 5.64. The number of oxazole rings is 1. The Morgan fingerprint density at radius 3 is 2.62 bits per heavy atom. The van der Waals surface area contributed by atoms with E-state index in [1.54, 1.807) is 6.26 Å². The molecule has 3 rings (SSSR count). The molecule has 2 aromatic carbocycles. The van der Waals surface area contributed by atoms with E-state index in [0.717, 1.165) is 29.1 Å². The van der Waals surface area contributed by atoms with E-state index >= 15 is 0 Å². The second-order valence-corrected chi connectivity index (χ2v) is 5.65. The molecule has 3 aromatic rings. The summed E-state index contributed by atoms with van der Waals surface area (Å²) in [4.78, 5) is 4.54. The van der Waals surface area contributed by atoms with E-state index < -0.39 is 0 Å². The lowest BCUT2D eigenvalue weighted by atomic mass is 10.1. The number of nitrogens with zero attached hydrogens (tertiary/aromatic N) is 1. The number of hydrogen-bond acceptors (Lipinski definition) is 4. The molecule has 0 atom stereocenters. The molecular weight excluding hydrogens is 300 g/mol. The van der Waals surface area contributed by atoms with Crippen LogP contribution >= 0.6 is 0 Å². The maximum Gasteiger partial charge on any atom is 0.226 e. The van der Waals surface area contributed by atoms with Crippen molar-refractivity contribution in [3.8, 4) is 17.2 Å². The van der Waals surface area contributed by atoms with Gasteiger partial charge in [-0.3, -0.25) is 0 Å². The molecule has 0 aliphatic heterocycles. The molecule has 0 radical (unpaired) electrons. The monoisotopic (exact) mass is 322 g/mol. The Bertz CT molecular complexity index is 778. The normalized spacial score (nSPS) is 10.8. The molecular formula is C20H22N2O2. The van der Waals surface area contributed by atoms with Crippen molar-refractivity contribution < 1.29 is 9.15 Å². The number of rotatable bonds is 7. The molecule has 0 unspecified atom stereocenters. The fraction of sp³-hybridized carbons (Fsp3) is 0.250. The van der Waals surface area contributed by atoms with Crippen molar-refractivity contribution in [3.05, 3.63) is 71.6 Å². The largest absolute Gasteiger partial charge is 0.494 e. The van der Waals surface area contributed by atoms with E-state index in [1.807, 2.05) is 37.3 Å². The summed E-state index contributed by atoms with van der Waals surface area (Å²) in [6.45, 7) is 6.10. The molecule has 0 fully saturated rings. The number of aryl methyl sites for hydroxylation is 1. The van der Waals surface area contributed by atoms with Gasteiger partial charge in [-0.2, -0.15) is 0 Å². The second-order valence-electron chi connectivity index (χ2n) is 5.65. The van der Waals surface area contributed by atoms with Gasteiger partial charge in [0.1, 0.15) is 12.0 Å². The highest BCUT2D eigenvalue weighted by molar-refractivity contribution is 5.53. The van der Waals surface area contributed by atoms with E-state index in [-0.39, 0.29) is 0 Å². The average Bonchev–Trinajstić information content (AvgIpc) is 3.06. The van der Waals surface area contributed by atoms with Crippen molar-refractivity contribution in [1.82, 2.24) is 10.3 Å². The summed E-state index contributed by atoms with van der Waals surface area (Å²) in [5.74, 6) is 1.58. The Kier molecular flexibility index (Phi) is 5.29. The van der Waals surface area contributed by atoms with Crippen LogP contribution in [-0.2, 0) is 13.1 Å². The molecule has 1 heterocycles. The molecule has 4 nitrogen and oxygen atoms in total. The zero-order chi connectivity index (χ0) is 16.8. The van der Waals surface area contributed by atoms with E-state index in [1.165, 1.54) is 5.56 Å². The van der Waals surface area contributed by atoms with Gasteiger partial charge in [-0.1, -0.05) is 35.9 Å². The number of ether oxygens (including phenoxy) is 1. The predicted molar refractivity (Wildman–Crippen MR) is 94.8 cm³/mol. The molecule has 0 saturated heterocycles. The molecule has 1 N–H and O–H groups in total. The van der Waals surface area contributed by atoms with Crippen LogP contribution in [0, 0.1) is 6.92 Å². The van der Waals surface area contributed by atoms with Gasteiger partial charge in [0.05, 0.1) is 12.3 Å². The highest BCUT2D eigenvalue weighted by Crippen LogP contribution is 2.20. The van der Waals surface area contributed by atoms with Gasteiger partial charge in [0.2, 0.25) is 5.89 Å². The van der Waals surface area contributed by atoms with Gasteiger partial charge in [-0.05, 0) is 32.0 Å². The van der Waals surface area contributed by atoms with Gasteiger partial charge < -0.3 is 14.5 Å². The van der Waals surface area contributed by atoms with E-state index in [0.29, 0.717) is 19.0 Å². The van der Waals surface area contributed by atoms with Gasteiger partial charge in [0, 0.05) is 24.2 Å². The number of aromatic nitrogens is 1. The van der Waals surface area contributed by atoms with Crippen molar-refractivity contribution in [2.45, 2.75) is 26.9 Å². The number of benzene rings is 2. The maximum atomic E-state index is 5.64. The molecule has 0 spiro atoms. The third-order valence-electron chi connectivity index (χ3n) is 3.74. The topological polar surface area (TPSA) is 47.3 Å². The van der Waals surface area contributed by atoms with Crippen LogP contribution in [0.25, 0.3) is 11.5 Å². The summed E-state index contributed by atoms with van der Waals surface area (Å²) in [5, 5.41) is 3.39. The lowest BCUT2D eigenvalue weighted by Gasteiger charge is -2.10. The minimum atomic E-state index is 0.649. The molecule has 124 valence electrons. The molecule has 0 bridgehead atoms. The number of para-hydroxylation sites is 1. The molecule has 4 heteroatoms. The minimum absolute atomic E-state index is 0.649. The van der Waals surface area contributed by atoms with E-state index in [9.17, 15) is 0 Å². The van der Waals surface area contributed by atoms with Crippen LogP contribution in [0.1, 0.15) is 23.7 Å². The van der Waals surface area contributed by atoms with E-state index in [2.05, 4.69) is 35.4 Å². The Morgan fingerprint density at radius 2 is 1.83 bits per heavy atom. The van der Waals surface area contributed by atoms with Crippen LogP contribution in [-0.4, -0.2) is 11.6 Å². The van der Waals surface area contributed by atoms with Crippen molar-refractivity contribution in [1.29, 1.82) is 0 Å². The van der Waals surface area contributed by atoms with E-state index in [4.69, 9.17) is 9.15 Å². The molecule has 1 aromatic heterocycles. The van der Waals surface area contributed by atoms with Gasteiger partial charge in [0.25, 0.3) is 0 Å². The first-order valence-electron chi connectivity index (χ1n) is 8.19. The van der Waals surface area contributed by atoms with Gasteiger partial charge >= 0.3 is 0 Å². The van der Waals surface area contributed by atoms with Gasteiger partial charge in [-0.15, -0.1) is 0 Å². The predicted octanol–water partition coefficient (Wildman–Crippen LogP) is 4.34. The third-order valence-corrected chi connectivity index (χ3v) is 3.74. The summed E-state index contributed by atoms with van der Waals surface area (Å²) >= 11 is 0. The molecule has 0 aliphatic carbocycles. The van der Waals surface area contributed by atoms with Crippen LogP contribution in [0.15, 0.2) is 59.2 Å². The number of hydrogen-bond donors (Lipinski definition) is 1. The van der Waals surface area contributed by atoms with Gasteiger partial charge in [-0.25, -0.2) is 4.98 Å². The third kappa shape index (κ3) is 4.03. The Morgan fingerprint density at radius 1 is 1.04 bits per heavy atom. The quantitative estimate of drug-likeness (QED) is 0.703. The van der Waals surface area contributed by atoms with Crippen molar-refractivity contribution in [3.63, 3.8) is 0 Å². The highest BCUT2D eigenvalue weighted by Gasteiger charge is 2.07. The van der Waals surface area contributed by atoms with Gasteiger partial charge in [0.15, 0.2) is 0 Å². The van der Waals surface area contributed by atoms with Crippen molar-refractivity contribution >= 4 is 0 Å². The lowest BCUT2D eigenvalue weighted by Crippen LogP contribution is -2.13. The summed E-state index contributed by atoms with van der Waals surface area (Å²) in [6, 6.07) is 16.2. The zero-order valence-corrected chi connectivity index (χ0v) is 14.1. The molecule has 0 saturated carbocycles. The van der Waals surface area contributed by atoms with Crippen LogP contribution in [0.5, 0.6) is 5.75 Å². The minimum Gasteiger partial charge on any atom is -0.494 e. The van der Waals surface area contributed by atoms with Crippen LogP contribution in [0.2, 0.25) is 0 Å². The fourth-order valence-electron chi connectivity index (χ4n) is 2.49. The summed E-state index contributed by atoms with van der Waals surface area (Å²) in [6.07, 6.45) is 1.70. The number of nitrogens with one attached hydrogen (secondary N) is 1. The zero-order valence-electron chi connectivity index (χ0n) is 14.1. The van der Waals surface area contributed by atoms with Crippen LogP contribution in [0.3, 0.4) is 0 Å².